The van der Waals surface area contributed by atoms with Crippen LogP contribution in [0.15, 0.2) is 16.6 Å². The zero-order valence-corrected chi connectivity index (χ0v) is 10.1. The van der Waals surface area contributed by atoms with Crippen molar-refractivity contribution >= 4 is 22.2 Å². The summed E-state index contributed by atoms with van der Waals surface area (Å²) < 4.78 is 6.10. The molecule has 0 aliphatic carbocycles. The highest BCUT2D eigenvalue weighted by Crippen LogP contribution is 2.34. The van der Waals surface area contributed by atoms with E-state index in [1.807, 2.05) is 6.07 Å². The molecule has 0 N–H and O–H groups in total. The van der Waals surface area contributed by atoms with Crippen LogP contribution in [0.2, 0.25) is 0 Å². The van der Waals surface area contributed by atoms with Crippen molar-refractivity contribution < 1.29 is 9.53 Å². The summed E-state index contributed by atoms with van der Waals surface area (Å²) in [5.74, 6) is 1.15. The van der Waals surface area contributed by atoms with Crippen molar-refractivity contribution in [1.29, 1.82) is 0 Å². The van der Waals surface area contributed by atoms with Gasteiger partial charge in [0.15, 0.2) is 0 Å². The number of benzene rings is 1. The third kappa shape index (κ3) is 2.15. The summed E-state index contributed by atoms with van der Waals surface area (Å²) in [6.07, 6.45) is 0.843. The lowest BCUT2D eigenvalue weighted by Gasteiger charge is -2.13. The molecule has 2 nitrogen and oxygen atoms in total. The number of ether oxygens (including phenoxy) is 1. The van der Waals surface area contributed by atoms with Crippen LogP contribution in [0.25, 0.3) is 0 Å². The molecule has 3 heteroatoms. The van der Waals surface area contributed by atoms with Crippen LogP contribution < -0.4 is 4.74 Å². The van der Waals surface area contributed by atoms with E-state index in [2.05, 4.69) is 29.8 Å². The number of carbonyl (C=O) groups is 1. The Morgan fingerprint density at radius 3 is 2.50 bits per heavy atom. The molecule has 1 rings (SSSR count). The van der Waals surface area contributed by atoms with E-state index in [0.29, 0.717) is 11.5 Å². The molecule has 0 aromatic heterocycles. The minimum absolute atomic E-state index is 0.334. The van der Waals surface area contributed by atoms with Gasteiger partial charge in [-0.15, -0.1) is 0 Å². The smallest absolute Gasteiger partial charge is 0.150 e. The quantitative estimate of drug-likeness (QED) is 0.776. The Labute approximate surface area is 92.4 Å². The van der Waals surface area contributed by atoms with Gasteiger partial charge in [-0.05, 0) is 39.5 Å². The largest absolute Gasteiger partial charge is 0.495 e. The van der Waals surface area contributed by atoms with E-state index in [4.69, 9.17) is 4.74 Å². The summed E-state index contributed by atoms with van der Waals surface area (Å²) in [5, 5.41) is 0. The van der Waals surface area contributed by atoms with Crippen molar-refractivity contribution in [2.75, 3.05) is 7.11 Å². The van der Waals surface area contributed by atoms with Gasteiger partial charge in [-0.1, -0.05) is 13.8 Å². The number of hydrogen-bond donors (Lipinski definition) is 0. The lowest BCUT2D eigenvalue weighted by atomic mass is 10.00. The fraction of sp³-hybridized carbons (Fsp3) is 0.364. The number of rotatable bonds is 3. The van der Waals surface area contributed by atoms with E-state index in [0.717, 1.165) is 22.1 Å². The summed E-state index contributed by atoms with van der Waals surface area (Å²) >= 11 is 3.38. The van der Waals surface area contributed by atoms with Gasteiger partial charge < -0.3 is 4.74 Å². The molecule has 0 amide bonds. The number of aldehydes is 1. The van der Waals surface area contributed by atoms with E-state index >= 15 is 0 Å². The zero-order valence-electron chi connectivity index (χ0n) is 8.50. The summed E-state index contributed by atoms with van der Waals surface area (Å²) in [6.45, 7) is 4.14. The van der Waals surface area contributed by atoms with Gasteiger partial charge >= 0.3 is 0 Å². The third-order valence-electron chi connectivity index (χ3n) is 2.06. The second-order valence-electron chi connectivity index (χ2n) is 3.40. The Balaban J connectivity index is 3.35. The summed E-state index contributed by atoms with van der Waals surface area (Å²) in [7, 11) is 1.63. The molecule has 0 bridgehead atoms. The van der Waals surface area contributed by atoms with Crippen LogP contribution in [0, 0.1) is 0 Å². The lowest BCUT2D eigenvalue weighted by molar-refractivity contribution is 0.112. The Hall–Kier alpha value is -0.830. The Kier molecular flexibility index (Phi) is 3.69. The molecule has 0 aliphatic rings. The second-order valence-corrected chi connectivity index (χ2v) is 4.25. The Morgan fingerprint density at radius 2 is 2.07 bits per heavy atom. The van der Waals surface area contributed by atoms with E-state index < -0.39 is 0 Å². The molecule has 0 saturated heterocycles. The molecule has 76 valence electrons. The fourth-order valence-electron chi connectivity index (χ4n) is 1.35. The van der Waals surface area contributed by atoms with Gasteiger partial charge in [0.1, 0.15) is 12.0 Å². The molecule has 0 radical (unpaired) electrons. The molecule has 0 spiro atoms. The number of carbonyl (C=O) groups excluding carboxylic acids is 1. The first-order chi connectivity index (χ1) is 6.60. The van der Waals surface area contributed by atoms with Gasteiger partial charge in [0, 0.05) is 5.56 Å². The molecule has 0 heterocycles. The summed E-state index contributed by atoms with van der Waals surface area (Å²) in [6, 6.07) is 3.62. The van der Waals surface area contributed by atoms with Crippen molar-refractivity contribution in [1.82, 2.24) is 0 Å². The van der Waals surface area contributed by atoms with Gasteiger partial charge in [0.2, 0.25) is 0 Å². The van der Waals surface area contributed by atoms with Gasteiger partial charge in [-0.3, -0.25) is 4.79 Å². The van der Waals surface area contributed by atoms with Crippen molar-refractivity contribution in [2.24, 2.45) is 0 Å². The normalized spacial score (nSPS) is 10.4. The van der Waals surface area contributed by atoms with Crippen LogP contribution in [-0.2, 0) is 0 Å². The molecule has 0 unspecified atom stereocenters. The first-order valence-corrected chi connectivity index (χ1v) is 5.22. The van der Waals surface area contributed by atoms with Crippen LogP contribution >= 0.6 is 15.9 Å². The van der Waals surface area contributed by atoms with E-state index in [-0.39, 0.29) is 0 Å². The Morgan fingerprint density at radius 1 is 1.43 bits per heavy atom. The van der Waals surface area contributed by atoms with Crippen LogP contribution in [0.5, 0.6) is 5.75 Å². The molecule has 0 aliphatic heterocycles. The molecule has 14 heavy (non-hydrogen) atoms. The third-order valence-corrected chi connectivity index (χ3v) is 2.65. The average molecular weight is 257 g/mol. The van der Waals surface area contributed by atoms with Crippen molar-refractivity contribution in [3.05, 3.63) is 27.7 Å². The van der Waals surface area contributed by atoms with Crippen LogP contribution in [0.4, 0.5) is 0 Å². The highest BCUT2D eigenvalue weighted by atomic mass is 79.9. The highest BCUT2D eigenvalue weighted by molar-refractivity contribution is 9.10. The van der Waals surface area contributed by atoms with E-state index in [1.54, 1.807) is 13.2 Å². The van der Waals surface area contributed by atoms with Gasteiger partial charge in [-0.2, -0.15) is 0 Å². The first kappa shape index (κ1) is 11.2. The van der Waals surface area contributed by atoms with Crippen LogP contribution in [0.1, 0.15) is 35.7 Å². The Bertz CT molecular complexity index is 345. The molecule has 1 aromatic carbocycles. The standard InChI is InChI=1S/C11H13BrO2/c1-7(2)9-4-8(6-13)5-10(12)11(9)14-3/h4-7H,1-3H3. The highest BCUT2D eigenvalue weighted by Gasteiger charge is 2.12. The summed E-state index contributed by atoms with van der Waals surface area (Å²) in [4.78, 5) is 10.7. The predicted octanol–water partition coefficient (Wildman–Crippen LogP) is 3.39. The SMILES string of the molecule is COc1c(Br)cc(C=O)cc1C(C)C. The van der Waals surface area contributed by atoms with Gasteiger partial charge in [-0.25, -0.2) is 0 Å². The van der Waals surface area contributed by atoms with Crippen molar-refractivity contribution in [3.63, 3.8) is 0 Å². The van der Waals surface area contributed by atoms with Gasteiger partial charge in [0.25, 0.3) is 0 Å². The van der Waals surface area contributed by atoms with E-state index in [1.165, 1.54) is 0 Å². The van der Waals surface area contributed by atoms with Crippen molar-refractivity contribution in [2.45, 2.75) is 19.8 Å². The maximum atomic E-state index is 10.7. The monoisotopic (exact) mass is 256 g/mol. The van der Waals surface area contributed by atoms with Crippen LogP contribution in [-0.4, -0.2) is 13.4 Å². The topological polar surface area (TPSA) is 26.3 Å². The maximum Gasteiger partial charge on any atom is 0.150 e. The average Bonchev–Trinajstić information content (AvgIpc) is 2.16. The minimum Gasteiger partial charge on any atom is -0.495 e. The predicted molar refractivity (Wildman–Crippen MR) is 60.2 cm³/mol. The summed E-state index contributed by atoms with van der Waals surface area (Å²) in [5.41, 5.74) is 1.71. The fourth-order valence-corrected chi connectivity index (χ4v) is 2.00. The number of halogens is 1. The number of hydrogen-bond acceptors (Lipinski definition) is 2. The molecular formula is C11H13BrO2. The molecular weight excluding hydrogens is 244 g/mol. The lowest BCUT2D eigenvalue weighted by Crippen LogP contribution is -1.97. The maximum absolute atomic E-state index is 10.7. The molecule has 1 aromatic rings. The second kappa shape index (κ2) is 4.60. The minimum atomic E-state index is 0.334. The van der Waals surface area contributed by atoms with Crippen molar-refractivity contribution in [3.8, 4) is 5.75 Å². The van der Waals surface area contributed by atoms with E-state index in [9.17, 15) is 4.79 Å². The van der Waals surface area contributed by atoms with Gasteiger partial charge in [0.05, 0.1) is 11.6 Å². The molecule has 0 atom stereocenters. The molecule has 0 saturated carbocycles. The van der Waals surface area contributed by atoms with Crippen LogP contribution in [0.3, 0.4) is 0 Å². The molecule has 0 fully saturated rings. The first-order valence-electron chi connectivity index (χ1n) is 4.42. The zero-order chi connectivity index (χ0) is 10.7. The number of methoxy groups -OCH3 is 1.